The third kappa shape index (κ3) is 3.77. The number of halogens is 2. The molecule has 3 saturated heterocycles. The molecule has 8 nitrogen and oxygen atoms in total. The number of esters is 1. The number of aliphatic hydroxyl groups excluding tert-OH is 1. The predicted molar refractivity (Wildman–Crippen MR) is 125 cm³/mol. The lowest BCUT2D eigenvalue weighted by atomic mass is 9.70. The molecule has 33 heavy (non-hydrogen) atoms. The first-order valence-electron chi connectivity index (χ1n) is 11.1. The lowest BCUT2D eigenvalue weighted by Crippen LogP contribution is -2.57. The summed E-state index contributed by atoms with van der Waals surface area (Å²) in [6.45, 7) is 5.30. The quantitative estimate of drug-likeness (QED) is 0.405. The van der Waals surface area contributed by atoms with Crippen LogP contribution in [0.5, 0.6) is 0 Å². The molecular weight excluding hydrogens is 516 g/mol. The van der Waals surface area contributed by atoms with E-state index in [-0.39, 0.29) is 29.9 Å². The van der Waals surface area contributed by atoms with Gasteiger partial charge < -0.3 is 24.8 Å². The van der Waals surface area contributed by atoms with Crippen molar-refractivity contribution in [1.82, 2.24) is 4.90 Å². The molecule has 0 radical (unpaired) electrons. The second-order valence-corrected chi connectivity index (χ2v) is 10.7. The van der Waals surface area contributed by atoms with E-state index >= 15 is 0 Å². The third-order valence-electron chi connectivity index (χ3n) is 6.98. The molecule has 2 N–H and O–H groups in total. The summed E-state index contributed by atoms with van der Waals surface area (Å²) in [5.74, 6) is -3.19. The number of para-hydroxylation sites is 1. The summed E-state index contributed by atoms with van der Waals surface area (Å²) >= 11 is 9.86. The summed E-state index contributed by atoms with van der Waals surface area (Å²) in [6, 6.07) is 5.15. The molecule has 1 aromatic rings. The largest absolute Gasteiger partial charge is 0.466 e. The van der Waals surface area contributed by atoms with Crippen LogP contribution in [0.3, 0.4) is 0 Å². The zero-order chi connectivity index (χ0) is 24.1. The number of hydrogen-bond acceptors (Lipinski definition) is 6. The normalized spacial score (nSPS) is 33.4. The first-order chi connectivity index (χ1) is 15.7. The average Bonchev–Trinajstić information content (AvgIpc) is 3.34. The van der Waals surface area contributed by atoms with Crippen LogP contribution in [0, 0.1) is 17.8 Å². The first-order valence-corrected chi connectivity index (χ1v) is 12.4. The highest BCUT2D eigenvalue weighted by Crippen LogP contribution is 2.60. The number of amides is 2. The third-order valence-corrected chi connectivity index (χ3v) is 8.15. The Hall–Kier alpha value is -1.68. The van der Waals surface area contributed by atoms with E-state index in [1.807, 2.05) is 13.8 Å². The number of alkyl halides is 1. The number of fused-ring (bicyclic) bond motifs is 1. The van der Waals surface area contributed by atoms with Crippen molar-refractivity contribution in [2.24, 2.45) is 17.8 Å². The van der Waals surface area contributed by atoms with Gasteiger partial charge in [-0.2, -0.15) is 0 Å². The van der Waals surface area contributed by atoms with Gasteiger partial charge in [0.05, 0.1) is 47.9 Å². The predicted octanol–water partition coefficient (Wildman–Crippen LogP) is 2.61. The number of nitrogens with one attached hydrogen (secondary N) is 1. The highest BCUT2D eigenvalue weighted by atomic mass is 79.9. The molecule has 7 atom stereocenters. The van der Waals surface area contributed by atoms with E-state index in [9.17, 15) is 19.5 Å². The number of rotatable bonds is 7. The standard InChI is InChI=1S/C23H28BrClN2O6/c1-4-32-22(31)16-17-21(30)27(15(10-28)11(2)3)19(23(17)9-12(24)18(16)33-23)20(29)26-14-8-6-5-7-13(14)25/h5-8,11-12,15-19,28H,4,9-10H2,1-3H3,(H,26,29)/t12?,15-,16-,17+,18-,19-,23+/m0/s1. The van der Waals surface area contributed by atoms with Gasteiger partial charge in [-0.3, -0.25) is 14.4 Å². The van der Waals surface area contributed by atoms with E-state index in [4.69, 9.17) is 21.1 Å². The van der Waals surface area contributed by atoms with Crippen LogP contribution >= 0.6 is 27.5 Å². The molecule has 3 aliphatic rings. The van der Waals surface area contributed by atoms with Gasteiger partial charge in [0.15, 0.2) is 0 Å². The van der Waals surface area contributed by atoms with Gasteiger partial charge >= 0.3 is 5.97 Å². The van der Waals surface area contributed by atoms with E-state index in [0.717, 1.165) is 0 Å². The number of hydrogen-bond donors (Lipinski definition) is 2. The molecule has 1 aromatic carbocycles. The molecule has 4 rings (SSSR count). The van der Waals surface area contributed by atoms with Crippen LogP contribution in [-0.2, 0) is 23.9 Å². The number of benzene rings is 1. The number of aliphatic hydroxyl groups is 1. The highest BCUT2D eigenvalue weighted by molar-refractivity contribution is 9.09. The Morgan fingerprint density at radius 3 is 2.70 bits per heavy atom. The maximum absolute atomic E-state index is 13.8. The minimum absolute atomic E-state index is 0.136. The van der Waals surface area contributed by atoms with E-state index in [0.29, 0.717) is 17.1 Å². The molecule has 0 saturated carbocycles. The van der Waals surface area contributed by atoms with Crippen LogP contribution in [0.15, 0.2) is 24.3 Å². The van der Waals surface area contributed by atoms with Crippen LogP contribution in [-0.4, -0.2) is 69.6 Å². The van der Waals surface area contributed by atoms with Gasteiger partial charge in [-0.25, -0.2) is 0 Å². The molecule has 10 heteroatoms. The lowest BCUT2D eigenvalue weighted by Gasteiger charge is -2.38. The van der Waals surface area contributed by atoms with Gasteiger partial charge in [-0.15, -0.1) is 0 Å². The molecule has 2 bridgehead atoms. The van der Waals surface area contributed by atoms with Gasteiger partial charge in [-0.1, -0.05) is 53.5 Å². The first kappa shape index (κ1) is 24.4. The maximum Gasteiger partial charge on any atom is 0.312 e. The van der Waals surface area contributed by atoms with E-state index in [1.165, 1.54) is 4.90 Å². The Kier molecular flexibility index (Phi) is 6.79. The van der Waals surface area contributed by atoms with Crippen molar-refractivity contribution >= 4 is 51.0 Å². The second-order valence-electron chi connectivity index (χ2n) is 9.12. The fraction of sp³-hybridized carbons (Fsp3) is 0.609. The van der Waals surface area contributed by atoms with Crippen molar-refractivity contribution in [2.45, 2.75) is 55.8 Å². The van der Waals surface area contributed by atoms with E-state index in [2.05, 4.69) is 21.2 Å². The van der Waals surface area contributed by atoms with Crippen molar-refractivity contribution < 1.29 is 29.0 Å². The van der Waals surface area contributed by atoms with Crippen molar-refractivity contribution in [1.29, 1.82) is 0 Å². The summed E-state index contributed by atoms with van der Waals surface area (Å²) in [4.78, 5) is 41.7. The topological polar surface area (TPSA) is 105 Å². The molecule has 1 unspecified atom stereocenters. The number of carbonyl (C=O) groups excluding carboxylic acids is 3. The van der Waals surface area contributed by atoms with Gasteiger partial charge in [0.1, 0.15) is 11.6 Å². The Morgan fingerprint density at radius 1 is 1.39 bits per heavy atom. The number of ether oxygens (including phenoxy) is 2. The molecule has 180 valence electrons. The maximum atomic E-state index is 13.8. The van der Waals surface area contributed by atoms with Gasteiger partial charge in [0.2, 0.25) is 11.8 Å². The summed E-state index contributed by atoms with van der Waals surface area (Å²) in [6.07, 6.45) is -0.209. The fourth-order valence-electron chi connectivity index (χ4n) is 5.62. The zero-order valence-corrected chi connectivity index (χ0v) is 21.0. The van der Waals surface area contributed by atoms with Crippen LogP contribution in [0.2, 0.25) is 5.02 Å². The van der Waals surface area contributed by atoms with Crippen LogP contribution in [0.4, 0.5) is 5.69 Å². The summed E-state index contributed by atoms with van der Waals surface area (Å²) < 4.78 is 11.6. The lowest BCUT2D eigenvalue weighted by molar-refractivity contribution is -0.155. The number of anilines is 1. The minimum Gasteiger partial charge on any atom is -0.466 e. The molecule has 0 aromatic heterocycles. The van der Waals surface area contributed by atoms with Crippen LogP contribution < -0.4 is 5.32 Å². The zero-order valence-electron chi connectivity index (χ0n) is 18.7. The second kappa shape index (κ2) is 9.17. The Balaban J connectivity index is 1.79. The molecule has 3 heterocycles. The monoisotopic (exact) mass is 542 g/mol. The summed E-state index contributed by atoms with van der Waals surface area (Å²) in [5.41, 5.74) is -0.813. The fourth-order valence-corrected chi connectivity index (χ4v) is 6.74. The molecule has 1 spiro atoms. The van der Waals surface area contributed by atoms with Crippen LogP contribution in [0.25, 0.3) is 0 Å². The van der Waals surface area contributed by atoms with E-state index < -0.39 is 47.5 Å². The molecule has 3 fully saturated rings. The smallest absolute Gasteiger partial charge is 0.312 e. The van der Waals surface area contributed by atoms with Gasteiger partial charge in [0.25, 0.3) is 0 Å². The number of nitrogens with zero attached hydrogens (tertiary/aromatic N) is 1. The highest BCUT2D eigenvalue weighted by Gasteiger charge is 2.77. The SMILES string of the molecule is CCOC(=O)[C@@H]1[C@H]2O[C@@]3(CC2Br)[C@H](C(=O)Nc2ccccc2Cl)N([C@@H](CO)C(C)C)C(=O)[C@@H]13. The Morgan fingerprint density at radius 2 is 2.09 bits per heavy atom. The molecule has 2 amide bonds. The summed E-state index contributed by atoms with van der Waals surface area (Å²) in [7, 11) is 0. The molecule has 3 aliphatic heterocycles. The van der Waals surface area contributed by atoms with Gasteiger partial charge in [-0.05, 0) is 31.4 Å². The minimum atomic E-state index is -1.22. The van der Waals surface area contributed by atoms with Crippen molar-refractivity contribution in [2.75, 3.05) is 18.5 Å². The average molecular weight is 544 g/mol. The molecule has 0 aliphatic carbocycles. The summed E-state index contributed by atoms with van der Waals surface area (Å²) in [5, 5.41) is 13.4. The van der Waals surface area contributed by atoms with Crippen LogP contribution in [0.1, 0.15) is 27.2 Å². The van der Waals surface area contributed by atoms with Gasteiger partial charge in [0, 0.05) is 4.83 Å². The number of carbonyl (C=O) groups is 3. The molecular formula is C23H28BrClN2O6. The van der Waals surface area contributed by atoms with Crippen molar-refractivity contribution in [3.63, 3.8) is 0 Å². The van der Waals surface area contributed by atoms with E-state index in [1.54, 1.807) is 31.2 Å². The Labute approximate surface area is 206 Å². The van der Waals surface area contributed by atoms with Crippen molar-refractivity contribution in [3.8, 4) is 0 Å². The number of likely N-dealkylation sites (tertiary alicyclic amines) is 1. The Bertz CT molecular complexity index is 961. The van der Waals surface area contributed by atoms with Crippen molar-refractivity contribution in [3.05, 3.63) is 29.3 Å².